The van der Waals surface area contributed by atoms with E-state index in [2.05, 4.69) is 0 Å². The largest absolute Gasteiger partial charge is 6.00 e. The fourth-order valence-electron chi connectivity index (χ4n) is 0. The third-order valence-corrected chi connectivity index (χ3v) is 0. The van der Waals surface area contributed by atoms with Crippen molar-refractivity contribution in [1.29, 1.82) is 0 Å². The van der Waals surface area contributed by atoms with E-state index in [0.29, 0.717) is 0 Å². The minimum Gasteiger partial charge on any atom is -0.759 e. The molecule has 0 aliphatic carbocycles. The second kappa shape index (κ2) is 2.55. The van der Waals surface area contributed by atoms with Crippen LogP contribution < -0.4 is 0 Å². The van der Waals surface area contributed by atoms with E-state index in [4.69, 9.17) is 17.5 Å². The standard InChI is InChI=1S/Cr.H2O4S/c;1-5(2,3)4/h;(H2,1,2,3,4)/q+6;/p-2. The number of hydrogen-bond donors (Lipinski definition) is 0. The molecule has 4 nitrogen and oxygen atoms in total. The molecule has 0 unspecified atom stereocenters. The Hall–Kier alpha value is 0.402. The van der Waals surface area contributed by atoms with Gasteiger partial charge in [0.1, 0.15) is 0 Å². The van der Waals surface area contributed by atoms with Crippen LogP contribution in [0.15, 0.2) is 0 Å². The third kappa shape index (κ3) is 315. The molecule has 0 aliphatic rings. The Balaban J connectivity index is 0. The zero-order chi connectivity index (χ0) is 4.50. The molecular weight excluding hydrogens is 148 g/mol. The van der Waals surface area contributed by atoms with E-state index in [0.717, 1.165) is 0 Å². The van der Waals surface area contributed by atoms with E-state index in [1.165, 1.54) is 0 Å². The van der Waals surface area contributed by atoms with Crippen molar-refractivity contribution >= 4 is 10.4 Å². The van der Waals surface area contributed by atoms with Gasteiger partial charge in [-0.3, -0.25) is 8.42 Å². The summed E-state index contributed by atoms with van der Waals surface area (Å²) < 4.78 is 34.1. The van der Waals surface area contributed by atoms with E-state index in [1.54, 1.807) is 0 Å². The van der Waals surface area contributed by atoms with Crippen molar-refractivity contribution in [3.8, 4) is 0 Å². The van der Waals surface area contributed by atoms with Crippen molar-refractivity contribution in [2.45, 2.75) is 0 Å². The smallest absolute Gasteiger partial charge is 0.759 e. The molecule has 6 heavy (non-hydrogen) atoms. The quantitative estimate of drug-likeness (QED) is 0.314. The molecule has 0 bridgehead atoms. The zero-order valence-corrected chi connectivity index (χ0v) is 4.54. The van der Waals surface area contributed by atoms with E-state index in [-0.39, 0.29) is 17.4 Å². The molecule has 32 valence electrons. The van der Waals surface area contributed by atoms with Gasteiger partial charge in [0, 0.05) is 10.4 Å². The van der Waals surface area contributed by atoms with E-state index < -0.39 is 10.4 Å². The Labute approximate surface area is 45.9 Å². The maximum Gasteiger partial charge on any atom is 6.00 e. The maximum atomic E-state index is 8.52. The Kier molecular flexibility index (Phi) is 4.10. The predicted octanol–water partition coefficient (Wildman–Crippen LogP) is -1.34. The molecule has 0 saturated carbocycles. The minimum absolute atomic E-state index is 0. The first kappa shape index (κ1) is 9.64. The first-order valence-electron chi connectivity index (χ1n) is 0.667. The average molecular weight is 148 g/mol. The summed E-state index contributed by atoms with van der Waals surface area (Å²) in [7, 11) is -5.17. The van der Waals surface area contributed by atoms with Gasteiger partial charge < -0.3 is 9.11 Å². The van der Waals surface area contributed by atoms with Gasteiger partial charge in [-0.25, -0.2) is 0 Å². The first-order valence-corrected chi connectivity index (χ1v) is 2.00. The van der Waals surface area contributed by atoms with Crippen molar-refractivity contribution < 1.29 is 34.9 Å². The molecule has 0 spiro atoms. The molecule has 0 aliphatic heterocycles. The molecule has 0 saturated heterocycles. The van der Waals surface area contributed by atoms with E-state index in [9.17, 15) is 0 Å². The normalized spacial score (nSPS) is 9.67. The summed E-state index contributed by atoms with van der Waals surface area (Å²) in [4.78, 5) is 0. The van der Waals surface area contributed by atoms with Gasteiger partial charge in [0.25, 0.3) is 0 Å². The van der Waals surface area contributed by atoms with Crippen molar-refractivity contribution in [2.24, 2.45) is 0 Å². The average Bonchev–Trinajstić information content (AvgIpc) is 0.722. The molecule has 0 aromatic carbocycles. The van der Waals surface area contributed by atoms with Crippen LogP contribution in [0.2, 0.25) is 0 Å². The SMILES string of the molecule is O=S(=O)([O-])[O-].[Cr+6]. The van der Waals surface area contributed by atoms with Gasteiger partial charge in [-0.1, -0.05) is 0 Å². The van der Waals surface area contributed by atoms with Crippen molar-refractivity contribution in [3.05, 3.63) is 0 Å². The van der Waals surface area contributed by atoms with Gasteiger partial charge in [0.05, 0.1) is 0 Å². The fraction of sp³-hybridized carbons (Fsp3) is 0. The van der Waals surface area contributed by atoms with Gasteiger partial charge in [0.15, 0.2) is 0 Å². The van der Waals surface area contributed by atoms with Gasteiger partial charge in [-0.15, -0.1) is 0 Å². The van der Waals surface area contributed by atoms with Crippen LogP contribution in [0.4, 0.5) is 0 Å². The molecule has 0 N–H and O–H groups in total. The molecule has 0 aromatic heterocycles. The third-order valence-electron chi connectivity index (χ3n) is 0. The van der Waals surface area contributed by atoms with Crippen LogP contribution in [0.3, 0.4) is 0 Å². The second-order valence-corrected chi connectivity index (χ2v) is 1.22. The predicted molar refractivity (Wildman–Crippen MR) is 10.5 cm³/mol. The summed E-state index contributed by atoms with van der Waals surface area (Å²) in [5.41, 5.74) is 0. The Bertz CT molecular complexity index is 90.7. The summed E-state index contributed by atoms with van der Waals surface area (Å²) in [5, 5.41) is 0. The van der Waals surface area contributed by atoms with Crippen LogP contribution >= 0.6 is 0 Å². The zero-order valence-electron chi connectivity index (χ0n) is 2.45. The molecule has 0 aromatic rings. The number of rotatable bonds is 0. The molecule has 0 atom stereocenters. The molecular formula is CrO4S+4. The topological polar surface area (TPSA) is 80.3 Å². The Morgan fingerprint density at radius 1 is 1.17 bits per heavy atom. The monoisotopic (exact) mass is 148 g/mol. The maximum absolute atomic E-state index is 8.52. The van der Waals surface area contributed by atoms with Crippen LogP contribution in [0, 0.1) is 0 Å². The summed E-state index contributed by atoms with van der Waals surface area (Å²) in [6, 6.07) is 0. The van der Waals surface area contributed by atoms with Crippen LogP contribution in [-0.2, 0) is 27.8 Å². The summed E-state index contributed by atoms with van der Waals surface area (Å²) in [6.07, 6.45) is 0. The molecule has 0 rings (SSSR count). The Morgan fingerprint density at radius 2 is 1.17 bits per heavy atom. The van der Waals surface area contributed by atoms with Gasteiger partial charge in [-0.2, -0.15) is 0 Å². The molecule has 0 fully saturated rings. The fourth-order valence-corrected chi connectivity index (χ4v) is 0. The molecule has 6 heteroatoms. The van der Waals surface area contributed by atoms with E-state index in [1.807, 2.05) is 0 Å². The van der Waals surface area contributed by atoms with E-state index >= 15 is 0 Å². The van der Waals surface area contributed by atoms with Gasteiger partial charge in [0.2, 0.25) is 0 Å². The van der Waals surface area contributed by atoms with Gasteiger partial charge in [-0.05, 0) is 0 Å². The van der Waals surface area contributed by atoms with Crippen LogP contribution in [-0.4, -0.2) is 17.5 Å². The molecule has 0 heterocycles. The van der Waals surface area contributed by atoms with Crippen LogP contribution in [0.1, 0.15) is 0 Å². The van der Waals surface area contributed by atoms with Crippen LogP contribution in [0.25, 0.3) is 0 Å². The summed E-state index contributed by atoms with van der Waals surface area (Å²) in [5.74, 6) is 0. The van der Waals surface area contributed by atoms with Crippen molar-refractivity contribution in [3.63, 3.8) is 0 Å². The van der Waals surface area contributed by atoms with Crippen molar-refractivity contribution in [1.82, 2.24) is 0 Å². The second-order valence-electron chi connectivity index (χ2n) is 0.408. The molecule has 0 amide bonds. The first-order chi connectivity index (χ1) is 2.00. The van der Waals surface area contributed by atoms with Crippen molar-refractivity contribution in [2.75, 3.05) is 0 Å². The minimum atomic E-state index is -5.17. The Morgan fingerprint density at radius 3 is 1.17 bits per heavy atom. The summed E-state index contributed by atoms with van der Waals surface area (Å²) in [6.45, 7) is 0. The van der Waals surface area contributed by atoms with Gasteiger partial charge >= 0.3 is 17.4 Å². The summed E-state index contributed by atoms with van der Waals surface area (Å²) >= 11 is 0. The molecule has 0 radical (unpaired) electrons. The van der Waals surface area contributed by atoms with Crippen LogP contribution in [0.5, 0.6) is 0 Å². The number of hydrogen-bond acceptors (Lipinski definition) is 4.